The second kappa shape index (κ2) is 3.42. The molecule has 1 aromatic rings. The summed E-state index contributed by atoms with van der Waals surface area (Å²) in [6.07, 6.45) is 1.22. The van der Waals surface area contributed by atoms with Gasteiger partial charge in [0.15, 0.2) is 11.5 Å². The summed E-state index contributed by atoms with van der Waals surface area (Å²) in [6, 6.07) is 6.25. The second-order valence-corrected chi connectivity index (χ2v) is 4.24. The van der Waals surface area contributed by atoms with E-state index in [9.17, 15) is 0 Å². The van der Waals surface area contributed by atoms with Crippen molar-refractivity contribution in [1.29, 1.82) is 0 Å². The standard InChI is InChI=1S/C12H15NO2/c13-7-9-5-10(9)8-1-2-11-12(6-8)15-4-3-14-11/h1-2,6,9-10H,3-5,7,13H2/t9-,10-/m0/s1. The van der Waals surface area contributed by atoms with Crippen molar-refractivity contribution >= 4 is 0 Å². The molecule has 0 spiro atoms. The lowest BCUT2D eigenvalue weighted by Crippen LogP contribution is -2.15. The van der Waals surface area contributed by atoms with Crippen LogP contribution in [-0.2, 0) is 0 Å². The highest BCUT2D eigenvalue weighted by Gasteiger charge is 2.37. The Morgan fingerprint density at radius 2 is 2.00 bits per heavy atom. The number of hydrogen-bond acceptors (Lipinski definition) is 3. The van der Waals surface area contributed by atoms with Crippen LogP contribution < -0.4 is 15.2 Å². The third kappa shape index (κ3) is 1.57. The highest BCUT2D eigenvalue weighted by molar-refractivity contribution is 5.46. The number of rotatable bonds is 2. The van der Waals surface area contributed by atoms with Crippen LogP contribution in [0.5, 0.6) is 11.5 Å². The predicted molar refractivity (Wildman–Crippen MR) is 57.3 cm³/mol. The molecule has 1 aliphatic heterocycles. The van der Waals surface area contributed by atoms with Crippen molar-refractivity contribution in [2.75, 3.05) is 19.8 Å². The first kappa shape index (κ1) is 9.04. The summed E-state index contributed by atoms with van der Waals surface area (Å²) >= 11 is 0. The van der Waals surface area contributed by atoms with E-state index in [1.54, 1.807) is 0 Å². The molecule has 0 unspecified atom stereocenters. The van der Waals surface area contributed by atoms with E-state index in [2.05, 4.69) is 12.1 Å². The average Bonchev–Trinajstić information content (AvgIpc) is 3.08. The lowest BCUT2D eigenvalue weighted by Gasteiger charge is -2.18. The molecular weight excluding hydrogens is 190 g/mol. The van der Waals surface area contributed by atoms with E-state index < -0.39 is 0 Å². The maximum Gasteiger partial charge on any atom is 0.161 e. The minimum atomic E-state index is 0.644. The molecule has 3 nitrogen and oxygen atoms in total. The second-order valence-electron chi connectivity index (χ2n) is 4.24. The van der Waals surface area contributed by atoms with Gasteiger partial charge >= 0.3 is 0 Å². The molecule has 1 saturated carbocycles. The molecule has 1 fully saturated rings. The van der Waals surface area contributed by atoms with Crippen LogP contribution in [0.1, 0.15) is 17.9 Å². The first-order valence-electron chi connectivity index (χ1n) is 5.48. The summed E-state index contributed by atoms with van der Waals surface area (Å²) in [5.74, 6) is 3.08. The molecule has 0 amide bonds. The van der Waals surface area contributed by atoms with Crippen LogP contribution in [0, 0.1) is 5.92 Å². The van der Waals surface area contributed by atoms with Crippen molar-refractivity contribution in [1.82, 2.24) is 0 Å². The van der Waals surface area contributed by atoms with E-state index in [4.69, 9.17) is 15.2 Å². The minimum Gasteiger partial charge on any atom is -0.486 e. The van der Waals surface area contributed by atoms with E-state index in [1.807, 2.05) is 6.07 Å². The Morgan fingerprint density at radius 1 is 1.20 bits per heavy atom. The summed E-state index contributed by atoms with van der Waals surface area (Å²) in [5.41, 5.74) is 6.99. The molecule has 2 aliphatic rings. The molecule has 0 radical (unpaired) electrons. The highest BCUT2D eigenvalue weighted by atomic mass is 16.6. The van der Waals surface area contributed by atoms with E-state index in [0.29, 0.717) is 25.0 Å². The minimum absolute atomic E-state index is 0.644. The molecule has 3 heteroatoms. The maximum atomic E-state index is 5.64. The summed E-state index contributed by atoms with van der Waals surface area (Å²) < 4.78 is 11.0. The Morgan fingerprint density at radius 3 is 2.73 bits per heavy atom. The third-order valence-corrected chi connectivity index (χ3v) is 3.22. The van der Waals surface area contributed by atoms with Crippen molar-refractivity contribution in [3.63, 3.8) is 0 Å². The Bertz CT molecular complexity index is 378. The fourth-order valence-corrected chi connectivity index (χ4v) is 2.21. The lowest BCUT2D eigenvalue weighted by atomic mass is 10.1. The first-order chi connectivity index (χ1) is 7.38. The van der Waals surface area contributed by atoms with Crippen molar-refractivity contribution in [2.24, 2.45) is 11.7 Å². The maximum absolute atomic E-state index is 5.64. The fraction of sp³-hybridized carbons (Fsp3) is 0.500. The van der Waals surface area contributed by atoms with Gasteiger partial charge in [-0.15, -0.1) is 0 Å². The van der Waals surface area contributed by atoms with Gasteiger partial charge in [0.1, 0.15) is 13.2 Å². The predicted octanol–water partition coefficient (Wildman–Crippen LogP) is 1.52. The van der Waals surface area contributed by atoms with Crippen LogP contribution >= 0.6 is 0 Å². The Labute approximate surface area is 89.2 Å². The van der Waals surface area contributed by atoms with Crippen molar-refractivity contribution in [3.8, 4) is 11.5 Å². The number of hydrogen-bond donors (Lipinski definition) is 1. The zero-order valence-electron chi connectivity index (χ0n) is 8.61. The molecule has 80 valence electrons. The number of benzene rings is 1. The summed E-state index contributed by atoms with van der Waals surface area (Å²) in [5, 5.41) is 0. The van der Waals surface area contributed by atoms with Gasteiger partial charge in [0.2, 0.25) is 0 Å². The molecule has 3 rings (SSSR count). The summed E-state index contributed by atoms with van der Waals surface area (Å²) in [7, 11) is 0. The Kier molecular flexibility index (Phi) is 2.06. The molecule has 0 saturated heterocycles. The number of fused-ring (bicyclic) bond motifs is 1. The van der Waals surface area contributed by atoms with E-state index >= 15 is 0 Å². The van der Waals surface area contributed by atoms with E-state index in [-0.39, 0.29) is 0 Å². The van der Waals surface area contributed by atoms with Gasteiger partial charge in [0.05, 0.1) is 0 Å². The molecule has 0 aromatic heterocycles. The van der Waals surface area contributed by atoms with E-state index in [1.165, 1.54) is 12.0 Å². The topological polar surface area (TPSA) is 44.5 Å². The van der Waals surface area contributed by atoms with Crippen LogP contribution in [0.2, 0.25) is 0 Å². The van der Waals surface area contributed by atoms with Gasteiger partial charge in [-0.2, -0.15) is 0 Å². The highest BCUT2D eigenvalue weighted by Crippen LogP contribution is 2.48. The molecule has 1 aliphatic carbocycles. The van der Waals surface area contributed by atoms with E-state index in [0.717, 1.165) is 18.0 Å². The average molecular weight is 205 g/mol. The number of nitrogens with two attached hydrogens (primary N) is 1. The molecule has 0 bridgehead atoms. The van der Waals surface area contributed by atoms with Gasteiger partial charge in [0.25, 0.3) is 0 Å². The smallest absolute Gasteiger partial charge is 0.161 e. The van der Waals surface area contributed by atoms with Gasteiger partial charge in [-0.1, -0.05) is 6.07 Å². The molecule has 1 aromatic carbocycles. The summed E-state index contributed by atoms with van der Waals surface area (Å²) in [6.45, 7) is 2.10. The largest absolute Gasteiger partial charge is 0.486 e. The van der Waals surface area contributed by atoms with Gasteiger partial charge in [-0.25, -0.2) is 0 Å². The first-order valence-corrected chi connectivity index (χ1v) is 5.48. The van der Waals surface area contributed by atoms with Crippen molar-refractivity contribution in [3.05, 3.63) is 23.8 Å². The molecule has 1 heterocycles. The number of ether oxygens (including phenoxy) is 2. The third-order valence-electron chi connectivity index (χ3n) is 3.22. The molecule has 2 atom stereocenters. The normalized spacial score (nSPS) is 27.5. The zero-order valence-corrected chi connectivity index (χ0v) is 8.61. The van der Waals surface area contributed by atoms with Crippen LogP contribution in [0.4, 0.5) is 0 Å². The molecular formula is C12H15NO2. The summed E-state index contributed by atoms with van der Waals surface area (Å²) in [4.78, 5) is 0. The van der Waals surface area contributed by atoms with Crippen LogP contribution in [-0.4, -0.2) is 19.8 Å². The fourth-order valence-electron chi connectivity index (χ4n) is 2.21. The van der Waals surface area contributed by atoms with Crippen molar-refractivity contribution < 1.29 is 9.47 Å². The van der Waals surface area contributed by atoms with Crippen LogP contribution in [0.3, 0.4) is 0 Å². The Balaban J connectivity index is 1.85. The lowest BCUT2D eigenvalue weighted by molar-refractivity contribution is 0.171. The van der Waals surface area contributed by atoms with Crippen LogP contribution in [0.25, 0.3) is 0 Å². The van der Waals surface area contributed by atoms with Gasteiger partial charge < -0.3 is 15.2 Å². The Hall–Kier alpha value is -1.22. The van der Waals surface area contributed by atoms with Crippen LogP contribution in [0.15, 0.2) is 18.2 Å². The molecule has 15 heavy (non-hydrogen) atoms. The van der Waals surface area contributed by atoms with Gasteiger partial charge in [-0.3, -0.25) is 0 Å². The monoisotopic (exact) mass is 205 g/mol. The van der Waals surface area contributed by atoms with Gasteiger partial charge in [0, 0.05) is 0 Å². The van der Waals surface area contributed by atoms with Crippen molar-refractivity contribution in [2.45, 2.75) is 12.3 Å². The zero-order chi connectivity index (χ0) is 10.3. The SMILES string of the molecule is NC[C@@H]1C[C@H]1c1ccc2c(c1)OCCO2. The molecule has 2 N–H and O–H groups in total. The van der Waals surface area contributed by atoms with Gasteiger partial charge in [-0.05, 0) is 42.5 Å². The quantitative estimate of drug-likeness (QED) is 0.796.